The number of nitrogens with one attached hydrogen (secondary N) is 2. The van der Waals surface area contributed by atoms with Crippen LogP contribution >= 0.6 is 11.3 Å². The fourth-order valence-corrected chi connectivity index (χ4v) is 3.67. The van der Waals surface area contributed by atoms with Crippen molar-refractivity contribution in [3.63, 3.8) is 0 Å². The average molecular weight is 316 g/mol. The maximum absolute atomic E-state index is 12.3. The Labute approximate surface area is 131 Å². The number of aromatic nitrogens is 2. The molecule has 0 spiro atoms. The van der Waals surface area contributed by atoms with Gasteiger partial charge in [0.25, 0.3) is 11.1 Å². The molecular weight excluding hydrogens is 300 g/mol. The Kier molecular flexibility index (Phi) is 3.51. The van der Waals surface area contributed by atoms with Crippen molar-refractivity contribution in [1.82, 2.24) is 20.8 Å². The van der Waals surface area contributed by atoms with Gasteiger partial charge in [-0.25, -0.2) is 0 Å². The van der Waals surface area contributed by atoms with Crippen LogP contribution in [-0.4, -0.2) is 34.7 Å². The Morgan fingerprint density at radius 3 is 2.82 bits per heavy atom. The molecule has 1 aliphatic heterocycles. The largest absolute Gasteiger partial charge is 0.430 e. The van der Waals surface area contributed by atoms with Crippen LogP contribution in [0.4, 0.5) is 0 Å². The molecule has 3 atom stereocenters. The molecule has 1 saturated heterocycles. The molecule has 3 unspecified atom stereocenters. The molecule has 7 heteroatoms. The summed E-state index contributed by atoms with van der Waals surface area (Å²) >= 11 is 1.33. The SMILES string of the molecule is O=C(NC1CC2CC1CN2)c1ccc(Oc2nncs2)cc1. The first-order valence-electron chi connectivity index (χ1n) is 7.36. The molecule has 2 aromatic rings. The Morgan fingerprint density at radius 2 is 2.18 bits per heavy atom. The second-order valence-electron chi connectivity index (χ2n) is 5.75. The highest BCUT2D eigenvalue weighted by atomic mass is 32.1. The van der Waals surface area contributed by atoms with E-state index in [9.17, 15) is 4.79 Å². The summed E-state index contributed by atoms with van der Waals surface area (Å²) in [5.41, 5.74) is 2.27. The second kappa shape index (κ2) is 5.66. The summed E-state index contributed by atoms with van der Waals surface area (Å²) in [7, 11) is 0. The van der Waals surface area contributed by atoms with Crippen molar-refractivity contribution in [2.75, 3.05) is 6.54 Å². The molecule has 6 nitrogen and oxygen atoms in total. The highest BCUT2D eigenvalue weighted by molar-refractivity contribution is 7.11. The third-order valence-electron chi connectivity index (χ3n) is 4.34. The monoisotopic (exact) mass is 316 g/mol. The molecule has 2 bridgehead atoms. The van der Waals surface area contributed by atoms with E-state index in [-0.39, 0.29) is 5.91 Å². The van der Waals surface area contributed by atoms with E-state index in [1.165, 1.54) is 17.8 Å². The molecule has 1 saturated carbocycles. The van der Waals surface area contributed by atoms with E-state index in [1.807, 2.05) is 0 Å². The van der Waals surface area contributed by atoms with Crippen molar-refractivity contribution in [3.05, 3.63) is 35.3 Å². The zero-order chi connectivity index (χ0) is 14.9. The van der Waals surface area contributed by atoms with Crippen LogP contribution in [0.3, 0.4) is 0 Å². The standard InChI is InChI=1S/C15H16N4O2S/c20-14(18-13-6-11-5-10(13)7-16-11)9-1-3-12(4-2-9)21-15-19-17-8-22-15/h1-4,8,10-11,13,16H,5-7H2,(H,18,20). The van der Waals surface area contributed by atoms with E-state index in [0.717, 1.165) is 13.0 Å². The molecule has 2 aliphatic rings. The lowest BCUT2D eigenvalue weighted by molar-refractivity contribution is 0.0925. The van der Waals surface area contributed by atoms with E-state index in [0.29, 0.717) is 34.5 Å². The van der Waals surface area contributed by atoms with Gasteiger partial charge < -0.3 is 15.4 Å². The van der Waals surface area contributed by atoms with E-state index < -0.39 is 0 Å². The van der Waals surface area contributed by atoms with Crippen LogP contribution < -0.4 is 15.4 Å². The Bertz CT molecular complexity index is 659. The molecule has 1 aromatic carbocycles. The van der Waals surface area contributed by atoms with Crippen molar-refractivity contribution in [2.45, 2.75) is 24.9 Å². The van der Waals surface area contributed by atoms with Crippen LogP contribution in [0.1, 0.15) is 23.2 Å². The summed E-state index contributed by atoms with van der Waals surface area (Å²) in [6.45, 7) is 1.02. The van der Waals surface area contributed by atoms with E-state index in [4.69, 9.17) is 4.74 Å². The first-order valence-corrected chi connectivity index (χ1v) is 8.24. The number of fused-ring (bicyclic) bond motifs is 2. The number of carbonyl (C=O) groups excluding carboxylic acids is 1. The minimum Gasteiger partial charge on any atom is -0.430 e. The van der Waals surface area contributed by atoms with Gasteiger partial charge in [-0.1, -0.05) is 16.4 Å². The molecule has 114 valence electrons. The van der Waals surface area contributed by atoms with Crippen molar-refractivity contribution >= 4 is 17.2 Å². The Balaban J connectivity index is 1.38. The molecule has 4 rings (SSSR count). The van der Waals surface area contributed by atoms with Crippen LogP contribution in [0, 0.1) is 5.92 Å². The molecule has 22 heavy (non-hydrogen) atoms. The van der Waals surface area contributed by atoms with Crippen LogP contribution in [0.5, 0.6) is 10.9 Å². The highest BCUT2D eigenvalue weighted by Gasteiger charge is 2.39. The summed E-state index contributed by atoms with van der Waals surface area (Å²) in [5, 5.41) is 14.6. The molecule has 2 heterocycles. The fraction of sp³-hybridized carbons (Fsp3) is 0.400. The smallest absolute Gasteiger partial charge is 0.299 e. The first-order chi connectivity index (χ1) is 10.8. The molecule has 2 N–H and O–H groups in total. The molecular formula is C15H16N4O2S. The molecule has 1 amide bonds. The normalized spacial score (nSPS) is 26.1. The minimum absolute atomic E-state index is 0.0139. The molecule has 2 fully saturated rings. The van der Waals surface area contributed by atoms with Crippen molar-refractivity contribution in [2.24, 2.45) is 5.92 Å². The summed E-state index contributed by atoms with van der Waals surface area (Å²) in [6.07, 6.45) is 2.22. The Morgan fingerprint density at radius 1 is 1.32 bits per heavy atom. The number of piperidine rings is 1. The van der Waals surface area contributed by atoms with Crippen LogP contribution in [0.15, 0.2) is 29.8 Å². The summed E-state index contributed by atoms with van der Waals surface area (Å²) in [5.74, 6) is 1.21. The van der Waals surface area contributed by atoms with Crippen LogP contribution in [0.25, 0.3) is 0 Å². The van der Waals surface area contributed by atoms with Gasteiger partial charge in [0.15, 0.2) is 0 Å². The van der Waals surface area contributed by atoms with E-state index in [2.05, 4.69) is 20.8 Å². The number of benzene rings is 1. The number of nitrogens with zero attached hydrogens (tertiary/aromatic N) is 2. The molecule has 1 aromatic heterocycles. The van der Waals surface area contributed by atoms with Gasteiger partial charge in [-0.05, 0) is 43.0 Å². The maximum Gasteiger partial charge on any atom is 0.299 e. The second-order valence-corrected chi connectivity index (χ2v) is 6.54. The average Bonchev–Trinajstić information content (AvgIpc) is 3.25. The molecule has 1 aliphatic carbocycles. The lowest BCUT2D eigenvalue weighted by Gasteiger charge is -2.23. The van der Waals surface area contributed by atoms with Gasteiger partial charge in [0.1, 0.15) is 11.3 Å². The quantitative estimate of drug-likeness (QED) is 0.900. The summed E-state index contributed by atoms with van der Waals surface area (Å²) < 4.78 is 5.53. The van der Waals surface area contributed by atoms with Crippen LogP contribution in [0.2, 0.25) is 0 Å². The lowest BCUT2D eigenvalue weighted by atomic mass is 10.0. The first kappa shape index (κ1) is 13.7. The predicted molar refractivity (Wildman–Crippen MR) is 82.2 cm³/mol. The van der Waals surface area contributed by atoms with Gasteiger partial charge in [-0.15, -0.1) is 5.10 Å². The van der Waals surface area contributed by atoms with Crippen molar-refractivity contribution in [3.8, 4) is 10.9 Å². The van der Waals surface area contributed by atoms with Gasteiger partial charge >= 0.3 is 0 Å². The summed E-state index contributed by atoms with van der Waals surface area (Å²) in [4.78, 5) is 12.3. The number of hydrogen-bond donors (Lipinski definition) is 2. The third-order valence-corrected chi connectivity index (χ3v) is 4.91. The zero-order valence-electron chi connectivity index (χ0n) is 11.9. The predicted octanol–water partition coefficient (Wildman–Crippen LogP) is 1.81. The van der Waals surface area contributed by atoms with Gasteiger partial charge in [0, 0.05) is 24.2 Å². The molecule has 0 radical (unpaired) electrons. The number of amides is 1. The number of rotatable bonds is 4. The minimum atomic E-state index is -0.0139. The van der Waals surface area contributed by atoms with Gasteiger partial charge in [0.05, 0.1) is 0 Å². The van der Waals surface area contributed by atoms with Gasteiger partial charge in [0.2, 0.25) is 0 Å². The Hall–Kier alpha value is -1.99. The highest BCUT2D eigenvalue weighted by Crippen LogP contribution is 2.31. The number of ether oxygens (including phenoxy) is 1. The summed E-state index contributed by atoms with van der Waals surface area (Å²) in [6, 6.07) is 7.99. The fourth-order valence-electron chi connectivity index (χ4n) is 3.25. The van der Waals surface area contributed by atoms with Crippen molar-refractivity contribution < 1.29 is 9.53 Å². The maximum atomic E-state index is 12.3. The van der Waals surface area contributed by atoms with E-state index >= 15 is 0 Å². The zero-order valence-corrected chi connectivity index (χ0v) is 12.7. The number of carbonyl (C=O) groups is 1. The van der Waals surface area contributed by atoms with Gasteiger partial charge in [-0.3, -0.25) is 4.79 Å². The lowest BCUT2D eigenvalue weighted by Crippen LogP contribution is -2.44. The topological polar surface area (TPSA) is 76.1 Å². The number of hydrogen-bond acceptors (Lipinski definition) is 6. The third kappa shape index (κ3) is 2.69. The van der Waals surface area contributed by atoms with Gasteiger partial charge in [-0.2, -0.15) is 0 Å². The van der Waals surface area contributed by atoms with Crippen molar-refractivity contribution in [1.29, 1.82) is 0 Å². The van der Waals surface area contributed by atoms with Crippen LogP contribution in [-0.2, 0) is 0 Å². The van der Waals surface area contributed by atoms with E-state index in [1.54, 1.807) is 29.8 Å².